The Morgan fingerprint density at radius 1 is 1.32 bits per heavy atom. The maximum atomic E-state index is 12.5. The number of aryl methyl sites for hydroxylation is 1. The first-order chi connectivity index (χ1) is 10.7. The van der Waals surface area contributed by atoms with Crippen molar-refractivity contribution in [1.29, 1.82) is 0 Å². The van der Waals surface area contributed by atoms with Gasteiger partial charge in [0.25, 0.3) is 0 Å². The highest BCUT2D eigenvalue weighted by Crippen LogP contribution is 2.20. The van der Waals surface area contributed by atoms with Gasteiger partial charge in [-0.1, -0.05) is 6.07 Å². The van der Waals surface area contributed by atoms with Crippen LogP contribution in [0.15, 0.2) is 36.8 Å². The Hall–Kier alpha value is -2.17. The minimum absolute atomic E-state index is 0.187. The Bertz CT molecular complexity index is 623. The third-order valence-electron chi connectivity index (χ3n) is 4.32. The van der Waals surface area contributed by atoms with Gasteiger partial charge in [0.1, 0.15) is 12.4 Å². The predicted molar refractivity (Wildman–Crippen MR) is 84.2 cm³/mol. The molecule has 1 aliphatic heterocycles. The van der Waals surface area contributed by atoms with E-state index in [1.165, 1.54) is 6.42 Å². The third-order valence-corrected chi connectivity index (χ3v) is 4.32. The molecule has 5 nitrogen and oxygen atoms in total. The molecule has 5 heteroatoms. The van der Waals surface area contributed by atoms with Crippen LogP contribution >= 0.6 is 0 Å². The maximum Gasteiger partial charge on any atom is 0.242 e. The number of amides is 1. The van der Waals surface area contributed by atoms with Crippen LogP contribution in [0.4, 0.5) is 0 Å². The van der Waals surface area contributed by atoms with Gasteiger partial charge in [-0.25, -0.2) is 4.98 Å². The van der Waals surface area contributed by atoms with E-state index in [0.717, 1.165) is 37.4 Å². The number of likely N-dealkylation sites (tertiary alicyclic amines) is 1. The number of hydrogen-bond donors (Lipinski definition) is 0. The van der Waals surface area contributed by atoms with Gasteiger partial charge in [0.05, 0.1) is 0 Å². The summed E-state index contributed by atoms with van der Waals surface area (Å²) in [6.45, 7) is 4.02. The molecular weight excluding hydrogens is 276 g/mol. The number of carbonyl (C=O) groups excluding carboxylic acids is 1. The second-order valence-corrected chi connectivity index (χ2v) is 5.98. The molecule has 1 atom stereocenters. The first-order valence-electron chi connectivity index (χ1n) is 7.88. The molecule has 0 aliphatic carbocycles. The smallest absolute Gasteiger partial charge is 0.242 e. The van der Waals surface area contributed by atoms with Crippen molar-refractivity contribution >= 4 is 5.91 Å². The van der Waals surface area contributed by atoms with Crippen molar-refractivity contribution in [2.24, 2.45) is 5.92 Å². The molecule has 0 bridgehead atoms. The van der Waals surface area contributed by atoms with E-state index in [4.69, 9.17) is 0 Å². The summed E-state index contributed by atoms with van der Waals surface area (Å²) < 4.78 is 1.91. The highest BCUT2D eigenvalue weighted by atomic mass is 16.2. The number of hydrogen-bond acceptors (Lipinski definition) is 3. The highest BCUT2D eigenvalue weighted by molar-refractivity contribution is 5.76. The molecule has 116 valence electrons. The first-order valence-corrected chi connectivity index (χ1v) is 7.88. The van der Waals surface area contributed by atoms with E-state index >= 15 is 0 Å². The van der Waals surface area contributed by atoms with Crippen LogP contribution in [-0.4, -0.2) is 38.4 Å². The Balaban J connectivity index is 1.58. The molecule has 1 aliphatic rings. The minimum Gasteiger partial charge on any atom is -0.341 e. The Labute approximate surface area is 131 Å². The van der Waals surface area contributed by atoms with Crippen LogP contribution in [0.25, 0.3) is 0 Å². The summed E-state index contributed by atoms with van der Waals surface area (Å²) in [5.74, 6) is 1.58. The zero-order valence-corrected chi connectivity index (χ0v) is 13.0. The fourth-order valence-electron chi connectivity index (χ4n) is 3.09. The molecule has 1 amide bonds. The molecule has 3 rings (SSSR count). The summed E-state index contributed by atoms with van der Waals surface area (Å²) in [6, 6.07) is 6.03. The fraction of sp³-hybridized carbons (Fsp3) is 0.471. The third kappa shape index (κ3) is 3.53. The lowest BCUT2D eigenvalue weighted by Crippen LogP contribution is -2.42. The molecule has 3 heterocycles. The van der Waals surface area contributed by atoms with Crippen LogP contribution in [0.1, 0.15) is 24.4 Å². The predicted octanol–water partition coefficient (Wildman–Crippen LogP) is 2.07. The number of piperidine rings is 1. The van der Waals surface area contributed by atoms with E-state index in [0.29, 0.717) is 12.5 Å². The van der Waals surface area contributed by atoms with E-state index in [-0.39, 0.29) is 5.91 Å². The van der Waals surface area contributed by atoms with E-state index in [2.05, 4.69) is 16.0 Å². The van der Waals surface area contributed by atoms with Crippen LogP contribution in [0.3, 0.4) is 0 Å². The monoisotopic (exact) mass is 298 g/mol. The quantitative estimate of drug-likeness (QED) is 0.868. The largest absolute Gasteiger partial charge is 0.341 e. The highest BCUT2D eigenvalue weighted by Gasteiger charge is 2.24. The van der Waals surface area contributed by atoms with E-state index in [1.54, 1.807) is 6.20 Å². The summed E-state index contributed by atoms with van der Waals surface area (Å²) >= 11 is 0. The summed E-state index contributed by atoms with van der Waals surface area (Å²) in [5.41, 5.74) is 1.12. The van der Waals surface area contributed by atoms with Crippen molar-refractivity contribution in [3.05, 3.63) is 48.3 Å². The Morgan fingerprint density at radius 3 is 2.95 bits per heavy atom. The SMILES string of the molecule is Cc1nccn1CC(=O)N1CCC[C@@H](Cc2ccccn2)C1. The van der Waals surface area contributed by atoms with Gasteiger partial charge in [0.2, 0.25) is 5.91 Å². The molecule has 2 aromatic heterocycles. The molecule has 0 unspecified atom stereocenters. The molecule has 0 N–H and O–H groups in total. The van der Waals surface area contributed by atoms with Gasteiger partial charge in [-0.05, 0) is 44.2 Å². The minimum atomic E-state index is 0.187. The molecule has 2 aromatic rings. The Kier molecular flexibility index (Phi) is 4.51. The van der Waals surface area contributed by atoms with Crippen molar-refractivity contribution in [2.45, 2.75) is 32.7 Å². The van der Waals surface area contributed by atoms with E-state index < -0.39 is 0 Å². The van der Waals surface area contributed by atoms with Gasteiger partial charge in [0.15, 0.2) is 0 Å². The summed E-state index contributed by atoms with van der Waals surface area (Å²) in [7, 11) is 0. The lowest BCUT2D eigenvalue weighted by Gasteiger charge is -2.33. The zero-order valence-electron chi connectivity index (χ0n) is 13.0. The number of nitrogens with zero attached hydrogens (tertiary/aromatic N) is 4. The van der Waals surface area contributed by atoms with Crippen LogP contribution < -0.4 is 0 Å². The van der Waals surface area contributed by atoms with Crippen LogP contribution in [0, 0.1) is 12.8 Å². The number of imidazole rings is 1. The van der Waals surface area contributed by atoms with Gasteiger partial charge in [-0.2, -0.15) is 0 Å². The molecule has 1 saturated heterocycles. The van der Waals surface area contributed by atoms with E-state index in [9.17, 15) is 4.79 Å². The first kappa shape index (κ1) is 14.8. The van der Waals surface area contributed by atoms with E-state index in [1.807, 2.05) is 40.9 Å². The van der Waals surface area contributed by atoms with Crippen molar-refractivity contribution in [1.82, 2.24) is 19.4 Å². The Morgan fingerprint density at radius 2 is 2.23 bits per heavy atom. The van der Waals surface area contributed by atoms with Crippen LogP contribution in [0.5, 0.6) is 0 Å². The zero-order chi connectivity index (χ0) is 15.4. The number of aromatic nitrogens is 3. The molecule has 22 heavy (non-hydrogen) atoms. The topological polar surface area (TPSA) is 51.0 Å². The van der Waals surface area contributed by atoms with Crippen molar-refractivity contribution in [3.63, 3.8) is 0 Å². The van der Waals surface area contributed by atoms with Crippen LogP contribution in [0.2, 0.25) is 0 Å². The second kappa shape index (κ2) is 6.73. The van der Waals surface area contributed by atoms with Crippen molar-refractivity contribution in [2.75, 3.05) is 13.1 Å². The van der Waals surface area contributed by atoms with Gasteiger partial charge in [0, 0.05) is 37.4 Å². The summed E-state index contributed by atoms with van der Waals surface area (Å²) in [5, 5.41) is 0. The molecule has 0 radical (unpaired) electrons. The number of carbonyl (C=O) groups is 1. The summed E-state index contributed by atoms with van der Waals surface area (Å²) in [4.78, 5) is 23.0. The maximum absolute atomic E-state index is 12.5. The fourth-order valence-corrected chi connectivity index (χ4v) is 3.09. The molecule has 0 aromatic carbocycles. The van der Waals surface area contributed by atoms with Gasteiger partial charge >= 0.3 is 0 Å². The lowest BCUT2D eigenvalue weighted by molar-refractivity contribution is -0.133. The average Bonchev–Trinajstić information content (AvgIpc) is 2.94. The van der Waals surface area contributed by atoms with Crippen molar-refractivity contribution in [3.8, 4) is 0 Å². The average molecular weight is 298 g/mol. The molecular formula is C17H22N4O. The van der Waals surface area contributed by atoms with Crippen LogP contribution in [-0.2, 0) is 17.8 Å². The molecule has 0 saturated carbocycles. The summed E-state index contributed by atoms with van der Waals surface area (Å²) in [6.07, 6.45) is 8.64. The normalized spacial score (nSPS) is 18.4. The molecule has 0 spiro atoms. The standard InChI is InChI=1S/C17H22N4O/c1-14-18-8-10-20(14)13-17(22)21-9-4-5-15(12-21)11-16-6-2-3-7-19-16/h2-3,6-8,10,15H,4-5,9,11-13H2,1H3/t15-/m0/s1. The second-order valence-electron chi connectivity index (χ2n) is 5.98. The molecule has 1 fully saturated rings. The lowest BCUT2D eigenvalue weighted by atomic mass is 9.93. The van der Waals surface area contributed by atoms with Gasteiger partial charge in [-0.3, -0.25) is 9.78 Å². The van der Waals surface area contributed by atoms with Gasteiger partial charge in [-0.15, -0.1) is 0 Å². The van der Waals surface area contributed by atoms with Crippen molar-refractivity contribution < 1.29 is 4.79 Å². The van der Waals surface area contributed by atoms with Gasteiger partial charge < -0.3 is 9.47 Å². The number of pyridine rings is 1. The number of rotatable bonds is 4.